The predicted octanol–water partition coefficient (Wildman–Crippen LogP) is 1.58. The Balaban J connectivity index is 1.59. The first-order chi connectivity index (χ1) is 7.97. The monoisotopic (exact) mass is 239 g/mol. The number of hydrogen-bond donors (Lipinski definition) is 2. The lowest BCUT2D eigenvalue weighted by Crippen LogP contribution is -2.40. The van der Waals surface area contributed by atoms with Crippen LogP contribution in [0.15, 0.2) is 0 Å². The van der Waals surface area contributed by atoms with Crippen LogP contribution in [0.25, 0.3) is 0 Å². The van der Waals surface area contributed by atoms with E-state index >= 15 is 0 Å². The van der Waals surface area contributed by atoms with Gasteiger partial charge < -0.3 is 11.1 Å². The van der Waals surface area contributed by atoms with Crippen LogP contribution in [0.3, 0.4) is 0 Å². The Kier molecular flexibility index (Phi) is 4.11. The summed E-state index contributed by atoms with van der Waals surface area (Å²) in [6, 6.07) is 1.94. The molecular weight excluding hydrogens is 210 g/mol. The highest BCUT2D eigenvalue weighted by atomic mass is 15.2. The minimum atomic E-state index is 0.234. The number of nitrogens with two attached hydrogens (primary N) is 1. The summed E-state index contributed by atoms with van der Waals surface area (Å²) in [6.45, 7) is 10.3. The van der Waals surface area contributed by atoms with E-state index in [1.807, 2.05) is 0 Å². The fraction of sp³-hybridized carbons (Fsp3) is 1.00. The Morgan fingerprint density at radius 3 is 2.59 bits per heavy atom. The van der Waals surface area contributed by atoms with Crippen molar-refractivity contribution in [3.63, 3.8) is 0 Å². The fourth-order valence-electron chi connectivity index (χ4n) is 2.60. The summed E-state index contributed by atoms with van der Waals surface area (Å²) in [5.74, 6) is 0. The third-order valence-electron chi connectivity index (χ3n) is 4.28. The normalized spacial score (nSPS) is 28.6. The van der Waals surface area contributed by atoms with Gasteiger partial charge in [-0.05, 0) is 37.6 Å². The maximum atomic E-state index is 6.17. The van der Waals surface area contributed by atoms with Gasteiger partial charge in [0.15, 0.2) is 0 Å². The average molecular weight is 239 g/mol. The van der Waals surface area contributed by atoms with Gasteiger partial charge in [-0.15, -0.1) is 0 Å². The molecular formula is C14H29N3. The number of likely N-dealkylation sites (tertiary alicyclic amines) is 1. The zero-order valence-corrected chi connectivity index (χ0v) is 11.7. The quantitative estimate of drug-likeness (QED) is 0.765. The summed E-state index contributed by atoms with van der Waals surface area (Å²) < 4.78 is 0. The van der Waals surface area contributed by atoms with Gasteiger partial charge >= 0.3 is 0 Å². The van der Waals surface area contributed by atoms with Gasteiger partial charge in [0.1, 0.15) is 0 Å². The van der Waals surface area contributed by atoms with Crippen molar-refractivity contribution in [2.75, 3.05) is 19.6 Å². The van der Waals surface area contributed by atoms with Gasteiger partial charge in [0.2, 0.25) is 0 Å². The minimum Gasteiger partial charge on any atom is -0.327 e. The Morgan fingerprint density at radius 1 is 1.29 bits per heavy atom. The van der Waals surface area contributed by atoms with Crippen molar-refractivity contribution >= 4 is 0 Å². The van der Waals surface area contributed by atoms with Crippen molar-refractivity contribution < 1.29 is 0 Å². The molecule has 2 unspecified atom stereocenters. The van der Waals surface area contributed by atoms with Gasteiger partial charge in [0.25, 0.3) is 0 Å². The largest absolute Gasteiger partial charge is 0.327 e. The first-order valence-corrected chi connectivity index (χ1v) is 7.20. The lowest BCUT2D eigenvalue weighted by molar-refractivity contribution is 0.293. The molecule has 0 aromatic carbocycles. The van der Waals surface area contributed by atoms with Crippen molar-refractivity contribution in [3.8, 4) is 0 Å². The molecule has 1 aliphatic carbocycles. The molecule has 17 heavy (non-hydrogen) atoms. The SMILES string of the molecule is CC(C)(C)C(N)CCNC1CCN(C2CC2)C1. The molecule has 2 rings (SSSR count). The zero-order chi connectivity index (χ0) is 12.5. The van der Waals surface area contributed by atoms with Crippen molar-refractivity contribution in [1.82, 2.24) is 10.2 Å². The molecule has 2 atom stereocenters. The van der Waals surface area contributed by atoms with Crippen LogP contribution in [-0.2, 0) is 0 Å². The molecule has 2 fully saturated rings. The molecule has 0 aromatic rings. The maximum Gasteiger partial charge on any atom is 0.0207 e. The smallest absolute Gasteiger partial charge is 0.0207 e. The van der Waals surface area contributed by atoms with E-state index < -0.39 is 0 Å². The molecule has 3 nitrogen and oxygen atoms in total. The number of nitrogens with one attached hydrogen (secondary N) is 1. The Hall–Kier alpha value is -0.120. The van der Waals surface area contributed by atoms with E-state index in [9.17, 15) is 0 Å². The second-order valence-electron chi connectivity index (χ2n) is 6.93. The van der Waals surface area contributed by atoms with Crippen LogP contribution in [0.4, 0.5) is 0 Å². The van der Waals surface area contributed by atoms with E-state index in [1.165, 1.54) is 32.4 Å². The number of hydrogen-bond acceptors (Lipinski definition) is 3. The molecule has 0 aromatic heterocycles. The molecule has 1 saturated carbocycles. The second kappa shape index (κ2) is 5.25. The molecule has 0 amide bonds. The molecule has 0 spiro atoms. The van der Waals surface area contributed by atoms with Gasteiger partial charge in [-0.3, -0.25) is 4.90 Å². The molecule has 3 N–H and O–H groups in total. The van der Waals surface area contributed by atoms with E-state index in [1.54, 1.807) is 0 Å². The summed E-state index contributed by atoms with van der Waals surface area (Å²) in [7, 11) is 0. The fourth-order valence-corrected chi connectivity index (χ4v) is 2.60. The molecule has 2 aliphatic rings. The molecule has 0 bridgehead atoms. The van der Waals surface area contributed by atoms with Crippen molar-refractivity contribution in [3.05, 3.63) is 0 Å². The number of rotatable bonds is 5. The van der Waals surface area contributed by atoms with Gasteiger partial charge in [-0.25, -0.2) is 0 Å². The van der Waals surface area contributed by atoms with Gasteiger partial charge in [-0.1, -0.05) is 20.8 Å². The van der Waals surface area contributed by atoms with E-state index in [0.29, 0.717) is 12.1 Å². The average Bonchev–Trinajstić information content (AvgIpc) is 2.98. The highest BCUT2D eigenvalue weighted by Gasteiger charge is 2.34. The minimum absolute atomic E-state index is 0.234. The van der Waals surface area contributed by atoms with Crippen LogP contribution in [0.2, 0.25) is 0 Å². The topological polar surface area (TPSA) is 41.3 Å². The third kappa shape index (κ3) is 3.94. The summed E-state index contributed by atoms with van der Waals surface area (Å²) in [4.78, 5) is 2.65. The Labute approximate surface area is 106 Å². The molecule has 1 saturated heterocycles. The van der Waals surface area contributed by atoms with Gasteiger partial charge in [0, 0.05) is 31.2 Å². The van der Waals surface area contributed by atoms with E-state index in [4.69, 9.17) is 5.73 Å². The predicted molar refractivity (Wildman–Crippen MR) is 73.1 cm³/mol. The van der Waals surface area contributed by atoms with Crippen LogP contribution < -0.4 is 11.1 Å². The standard InChI is InChI=1S/C14H29N3/c1-14(2,3)13(15)6-8-16-11-7-9-17(10-11)12-4-5-12/h11-13,16H,4-10,15H2,1-3H3. The summed E-state index contributed by atoms with van der Waals surface area (Å²) in [5.41, 5.74) is 6.40. The van der Waals surface area contributed by atoms with Crippen LogP contribution in [-0.4, -0.2) is 42.7 Å². The highest BCUT2D eigenvalue weighted by molar-refractivity contribution is 4.92. The summed E-state index contributed by atoms with van der Waals surface area (Å²) in [6.07, 6.45) is 5.27. The summed E-state index contributed by atoms with van der Waals surface area (Å²) in [5, 5.41) is 3.68. The first-order valence-electron chi connectivity index (χ1n) is 7.20. The van der Waals surface area contributed by atoms with Crippen molar-refractivity contribution in [1.29, 1.82) is 0 Å². The van der Waals surface area contributed by atoms with Crippen LogP contribution >= 0.6 is 0 Å². The van der Waals surface area contributed by atoms with Crippen LogP contribution in [0.1, 0.15) is 46.5 Å². The van der Waals surface area contributed by atoms with Crippen LogP contribution in [0, 0.1) is 5.41 Å². The van der Waals surface area contributed by atoms with E-state index in [0.717, 1.165) is 19.0 Å². The lowest BCUT2D eigenvalue weighted by Gasteiger charge is -2.27. The van der Waals surface area contributed by atoms with Crippen molar-refractivity contribution in [2.24, 2.45) is 11.1 Å². The zero-order valence-electron chi connectivity index (χ0n) is 11.7. The molecule has 3 heteroatoms. The molecule has 1 heterocycles. The first kappa shape index (κ1) is 13.3. The van der Waals surface area contributed by atoms with Gasteiger partial charge in [-0.2, -0.15) is 0 Å². The second-order valence-corrected chi connectivity index (χ2v) is 6.93. The summed E-state index contributed by atoms with van der Waals surface area (Å²) >= 11 is 0. The Morgan fingerprint density at radius 2 is 2.00 bits per heavy atom. The Bertz CT molecular complexity index is 242. The van der Waals surface area contributed by atoms with E-state index in [2.05, 4.69) is 31.0 Å². The maximum absolute atomic E-state index is 6.17. The number of nitrogens with zero attached hydrogens (tertiary/aromatic N) is 1. The third-order valence-corrected chi connectivity index (χ3v) is 4.28. The highest BCUT2D eigenvalue weighted by Crippen LogP contribution is 2.29. The van der Waals surface area contributed by atoms with Gasteiger partial charge in [0.05, 0.1) is 0 Å². The van der Waals surface area contributed by atoms with Crippen LogP contribution in [0.5, 0.6) is 0 Å². The molecule has 1 aliphatic heterocycles. The molecule has 100 valence electrons. The van der Waals surface area contributed by atoms with E-state index in [-0.39, 0.29) is 5.41 Å². The lowest BCUT2D eigenvalue weighted by atomic mass is 9.85. The molecule has 0 radical (unpaired) electrons. The van der Waals surface area contributed by atoms with Crippen molar-refractivity contribution in [2.45, 2.75) is 64.6 Å².